The topological polar surface area (TPSA) is 97.5 Å². The molecule has 0 aromatic heterocycles. The highest BCUT2D eigenvalue weighted by molar-refractivity contribution is 9.10. The fourth-order valence-corrected chi connectivity index (χ4v) is 3.46. The fourth-order valence-electron chi connectivity index (χ4n) is 2.97. The smallest absolute Gasteiger partial charge is 0.410 e. The highest BCUT2D eigenvalue weighted by atomic mass is 79.9. The summed E-state index contributed by atoms with van der Waals surface area (Å²) in [7, 11) is 1.35. The number of nitrogens with two attached hydrogens (primary N) is 1. The summed E-state index contributed by atoms with van der Waals surface area (Å²) in [5.74, 6) is -0.378. The monoisotopic (exact) mass is 468 g/mol. The molecule has 2 rings (SSSR count). The lowest BCUT2D eigenvalue weighted by molar-refractivity contribution is -0.149. The number of nitrogen functional groups attached to an aromatic ring is 1. The predicted octanol–water partition coefficient (Wildman–Crippen LogP) is 2.54. The van der Waals surface area contributed by atoms with Crippen molar-refractivity contribution in [1.82, 2.24) is 9.80 Å². The average Bonchev–Trinajstić information content (AvgIpc) is 2.65. The summed E-state index contributed by atoms with van der Waals surface area (Å²) < 4.78 is 11.2. The number of benzene rings is 1. The van der Waals surface area contributed by atoms with Gasteiger partial charge in [0.05, 0.1) is 20.2 Å². The van der Waals surface area contributed by atoms with E-state index in [2.05, 4.69) is 20.9 Å². The molecule has 1 amide bonds. The molecule has 0 aliphatic carbocycles. The van der Waals surface area contributed by atoms with Gasteiger partial charge in [0, 0.05) is 41.6 Å². The summed E-state index contributed by atoms with van der Waals surface area (Å²) in [5, 5.41) is 0. The number of rotatable bonds is 5. The summed E-state index contributed by atoms with van der Waals surface area (Å²) in [6, 6.07) is 5.03. The van der Waals surface area contributed by atoms with Crippen molar-refractivity contribution in [3.8, 4) is 0 Å². The van der Waals surface area contributed by atoms with Gasteiger partial charge in [0.1, 0.15) is 11.6 Å². The first-order valence-corrected chi connectivity index (χ1v) is 10.3. The third-order valence-electron chi connectivity index (χ3n) is 4.44. The molecule has 1 aliphatic rings. The van der Waals surface area contributed by atoms with Crippen molar-refractivity contribution in [2.24, 2.45) is 4.99 Å². The van der Waals surface area contributed by atoms with E-state index >= 15 is 0 Å². The Bertz CT molecular complexity index is 743. The molecule has 1 heterocycles. The first kappa shape index (κ1) is 23.2. The number of methoxy groups -OCH3 is 1. The zero-order valence-corrected chi connectivity index (χ0v) is 18.9. The van der Waals surface area contributed by atoms with E-state index in [9.17, 15) is 9.59 Å². The van der Waals surface area contributed by atoms with Crippen LogP contribution in [0.25, 0.3) is 0 Å². The van der Waals surface area contributed by atoms with Gasteiger partial charge in [0.2, 0.25) is 0 Å². The van der Waals surface area contributed by atoms with Crippen LogP contribution in [0.2, 0.25) is 0 Å². The van der Waals surface area contributed by atoms with Crippen molar-refractivity contribution in [2.75, 3.05) is 45.6 Å². The fraction of sp³-hybridized carbons (Fsp3) is 0.550. The number of anilines is 1. The second kappa shape index (κ2) is 10.1. The molecule has 8 nitrogen and oxygen atoms in total. The van der Waals surface area contributed by atoms with Crippen molar-refractivity contribution in [3.05, 3.63) is 28.2 Å². The number of carbonyl (C=O) groups excluding carboxylic acids is 2. The Morgan fingerprint density at radius 3 is 2.69 bits per heavy atom. The number of hydrogen-bond donors (Lipinski definition) is 1. The Morgan fingerprint density at radius 1 is 1.34 bits per heavy atom. The van der Waals surface area contributed by atoms with Gasteiger partial charge in [-0.25, -0.2) is 4.79 Å². The van der Waals surface area contributed by atoms with Crippen LogP contribution in [0.1, 0.15) is 26.3 Å². The van der Waals surface area contributed by atoms with E-state index in [-0.39, 0.29) is 12.5 Å². The maximum absolute atomic E-state index is 12.4. The summed E-state index contributed by atoms with van der Waals surface area (Å²) in [5.41, 5.74) is 6.85. The standard InChI is InChI=1S/C20H29BrN4O4/c1-20(2,3)29-19(27)25-11-10-24(17(13-25)18(26)28-4)9-8-23-12-14-15(21)6-5-7-16(14)22/h5-7,12,17H,8-11,13,22H2,1-4H3. The number of carbonyl (C=O) groups is 2. The normalized spacial score (nSPS) is 18.1. The van der Waals surface area contributed by atoms with Crippen molar-refractivity contribution < 1.29 is 19.1 Å². The maximum atomic E-state index is 12.4. The van der Waals surface area contributed by atoms with E-state index in [0.717, 1.165) is 10.0 Å². The van der Waals surface area contributed by atoms with E-state index in [1.165, 1.54) is 7.11 Å². The Hall–Kier alpha value is -2.13. The molecular formula is C20H29BrN4O4. The minimum absolute atomic E-state index is 0.225. The summed E-state index contributed by atoms with van der Waals surface area (Å²) in [6.07, 6.45) is 1.30. The Morgan fingerprint density at radius 2 is 2.07 bits per heavy atom. The minimum atomic E-state index is -0.586. The van der Waals surface area contributed by atoms with E-state index < -0.39 is 17.7 Å². The summed E-state index contributed by atoms with van der Waals surface area (Å²) >= 11 is 3.46. The molecule has 1 fully saturated rings. The van der Waals surface area contributed by atoms with Crippen LogP contribution in [0.5, 0.6) is 0 Å². The third kappa shape index (κ3) is 6.71. The van der Waals surface area contributed by atoms with E-state index in [1.54, 1.807) is 11.1 Å². The van der Waals surface area contributed by atoms with Crippen LogP contribution < -0.4 is 5.73 Å². The zero-order chi connectivity index (χ0) is 21.6. The van der Waals surface area contributed by atoms with Gasteiger partial charge in [-0.3, -0.25) is 14.7 Å². The molecule has 1 aromatic carbocycles. The largest absolute Gasteiger partial charge is 0.468 e. The molecule has 1 aromatic rings. The first-order valence-electron chi connectivity index (χ1n) is 9.46. The average molecular weight is 469 g/mol. The lowest BCUT2D eigenvalue weighted by Crippen LogP contribution is -2.59. The number of amides is 1. The van der Waals surface area contributed by atoms with Gasteiger partial charge < -0.3 is 20.1 Å². The minimum Gasteiger partial charge on any atom is -0.468 e. The van der Waals surface area contributed by atoms with Crippen molar-refractivity contribution in [3.63, 3.8) is 0 Å². The molecule has 9 heteroatoms. The molecule has 0 spiro atoms. The van der Waals surface area contributed by atoms with Gasteiger partial charge in [0.25, 0.3) is 0 Å². The summed E-state index contributed by atoms with van der Waals surface area (Å²) in [6.45, 7) is 7.72. The molecule has 160 valence electrons. The lowest BCUT2D eigenvalue weighted by Gasteiger charge is -2.39. The lowest BCUT2D eigenvalue weighted by atomic mass is 10.1. The van der Waals surface area contributed by atoms with Crippen LogP contribution in [0.3, 0.4) is 0 Å². The number of ether oxygens (including phenoxy) is 2. The summed E-state index contributed by atoms with van der Waals surface area (Å²) in [4.78, 5) is 32.6. The predicted molar refractivity (Wildman–Crippen MR) is 116 cm³/mol. The Balaban J connectivity index is 1.98. The zero-order valence-electron chi connectivity index (χ0n) is 17.4. The molecule has 0 bridgehead atoms. The maximum Gasteiger partial charge on any atom is 0.410 e. The van der Waals surface area contributed by atoms with Crippen LogP contribution in [-0.2, 0) is 14.3 Å². The molecule has 1 atom stereocenters. The number of hydrogen-bond acceptors (Lipinski definition) is 7. The van der Waals surface area contributed by atoms with E-state index in [4.69, 9.17) is 15.2 Å². The number of aliphatic imine (C=N–C) groups is 1. The molecule has 29 heavy (non-hydrogen) atoms. The van der Waals surface area contributed by atoms with Crippen LogP contribution in [-0.4, -0.2) is 79.6 Å². The third-order valence-corrected chi connectivity index (χ3v) is 5.13. The van der Waals surface area contributed by atoms with Gasteiger partial charge in [0.15, 0.2) is 0 Å². The molecule has 1 unspecified atom stereocenters. The molecule has 1 saturated heterocycles. The van der Waals surface area contributed by atoms with Crippen LogP contribution >= 0.6 is 15.9 Å². The van der Waals surface area contributed by atoms with E-state index in [1.807, 2.05) is 43.9 Å². The van der Waals surface area contributed by atoms with Gasteiger partial charge in [-0.2, -0.15) is 0 Å². The number of piperazine rings is 1. The van der Waals surface area contributed by atoms with Crippen LogP contribution in [0.4, 0.5) is 10.5 Å². The van der Waals surface area contributed by atoms with E-state index in [0.29, 0.717) is 31.9 Å². The van der Waals surface area contributed by atoms with Gasteiger partial charge in [-0.1, -0.05) is 22.0 Å². The second-order valence-electron chi connectivity index (χ2n) is 7.78. The van der Waals surface area contributed by atoms with Crippen LogP contribution in [0.15, 0.2) is 27.7 Å². The quantitative estimate of drug-likeness (QED) is 0.405. The second-order valence-corrected chi connectivity index (χ2v) is 8.63. The van der Waals surface area contributed by atoms with Crippen molar-refractivity contribution >= 4 is 39.9 Å². The van der Waals surface area contributed by atoms with Crippen LogP contribution in [0, 0.1) is 0 Å². The van der Waals surface area contributed by atoms with Crippen molar-refractivity contribution in [2.45, 2.75) is 32.4 Å². The highest BCUT2D eigenvalue weighted by Crippen LogP contribution is 2.20. The molecule has 0 radical (unpaired) electrons. The Kier molecular flexibility index (Phi) is 8.04. The molecule has 2 N–H and O–H groups in total. The number of esters is 1. The number of halogens is 1. The van der Waals surface area contributed by atoms with Crippen molar-refractivity contribution in [1.29, 1.82) is 0 Å². The SMILES string of the molecule is COC(=O)C1CN(C(=O)OC(C)(C)C)CCN1CCN=Cc1c(N)cccc1Br. The Labute approximate surface area is 180 Å². The highest BCUT2D eigenvalue weighted by Gasteiger charge is 2.36. The first-order chi connectivity index (χ1) is 13.6. The molecule has 0 saturated carbocycles. The number of nitrogens with zero attached hydrogens (tertiary/aromatic N) is 3. The molecular weight excluding hydrogens is 440 g/mol. The van der Waals surface area contributed by atoms with Gasteiger partial charge in [-0.05, 0) is 32.9 Å². The van der Waals surface area contributed by atoms with Gasteiger partial charge in [-0.15, -0.1) is 0 Å². The molecule has 1 aliphatic heterocycles. The van der Waals surface area contributed by atoms with Gasteiger partial charge >= 0.3 is 12.1 Å².